The van der Waals surface area contributed by atoms with Crippen LogP contribution in [0.1, 0.15) is 38.2 Å². The van der Waals surface area contributed by atoms with E-state index in [9.17, 15) is 5.11 Å². The quantitative estimate of drug-likeness (QED) is 0.858. The summed E-state index contributed by atoms with van der Waals surface area (Å²) in [6, 6.07) is 8.18. The second kappa shape index (κ2) is 6.92. The lowest BCUT2D eigenvalue weighted by molar-refractivity contribution is 0.0499. The molecule has 0 radical (unpaired) electrons. The standard InChI is InChI=1S/C16H24O3/c1-3-12(2)13-4-6-15(7-5-13)19-11-16(17)14-8-9-18-10-14/h4-7,12,14,16-17H,3,8-11H2,1-2H3. The van der Waals surface area contributed by atoms with E-state index in [1.54, 1.807) is 0 Å². The number of ether oxygens (including phenoxy) is 2. The van der Waals surface area contributed by atoms with Crippen molar-refractivity contribution in [1.82, 2.24) is 0 Å². The summed E-state index contributed by atoms with van der Waals surface area (Å²) < 4.78 is 10.9. The first-order chi connectivity index (χ1) is 9.20. The number of aliphatic hydroxyl groups is 1. The van der Waals surface area contributed by atoms with Gasteiger partial charge in [-0.25, -0.2) is 0 Å². The van der Waals surface area contributed by atoms with Crippen LogP contribution in [0.5, 0.6) is 5.75 Å². The van der Waals surface area contributed by atoms with Gasteiger partial charge in [-0.05, 0) is 36.5 Å². The smallest absolute Gasteiger partial charge is 0.119 e. The van der Waals surface area contributed by atoms with Crippen molar-refractivity contribution in [3.05, 3.63) is 29.8 Å². The Labute approximate surface area is 115 Å². The van der Waals surface area contributed by atoms with Crippen LogP contribution in [0.15, 0.2) is 24.3 Å². The van der Waals surface area contributed by atoms with Gasteiger partial charge in [0.1, 0.15) is 12.4 Å². The molecule has 1 heterocycles. The number of hydrogen-bond donors (Lipinski definition) is 1. The Morgan fingerprint density at radius 2 is 2.11 bits per heavy atom. The molecular weight excluding hydrogens is 240 g/mol. The summed E-state index contributed by atoms with van der Waals surface area (Å²) in [6.07, 6.45) is 1.63. The molecule has 106 valence electrons. The second-order valence-corrected chi connectivity index (χ2v) is 5.38. The minimum Gasteiger partial charge on any atom is -0.491 e. The highest BCUT2D eigenvalue weighted by Crippen LogP contribution is 2.22. The third-order valence-corrected chi connectivity index (χ3v) is 3.99. The summed E-state index contributed by atoms with van der Waals surface area (Å²) in [4.78, 5) is 0. The van der Waals surface area contributed by atoms with E-state index in [0.717, 1.165) is 25.2 Å². The Balaban J connectivity index is 1.82. The zero-order chi connectivity index (χ0) is 13.7. The lowest BCUT2D eigenvalue weighted by Gasteiger charge is -2.17. The molecule has 0 bridgehead atoms. The number of aliphatic hydroxyl groups excluding tert-OH is 1. The Hall–Kier alpha value is -1.06. The second-order valence-electron chi connectivity index (χ2n) is 5.38. The number of benzene rings is 1. The van der Waals surface area contributed by atoms with Gasteiger partial charge in [-0.2, -0.15) is 0 Å². The maximum absolute atomic E-state index is 9.99. The summed E-state index contributed by atoms with van der Waals surface area (Å²) in [5.74, 6) is 1.62. The summed E-state index contributed by atoms with van der Waals surface area (Å²) in [5, 5.41) is 9.99. The first kappa shape index (κ1) is 14.4. The van der Waals surface area contributed by atoms with Crippen molar-refractivity contribution in [2.75, 3.05) is 19.8 Å². The molecule has 0 amide bonds. The molecule has 1 aliphatic heterocycles. The van der Waals surface area contributed by atoms with Crippen molar-refractivity contribution in [2.24, 2.45) is 5.92 Å². The van der Waals surface area contributed by atoms with Crippen molar-refractivity contribution in [3.63, 3.8) is 0 Å². The van der Waals surface area contributed by atoms with Gasteiger partial charge in [-0.15, -0.1) is 0 Å². The first-order valence-electron chi connectivity index (χ1n) is 7.19. The molecule has 3 heteroatoms. The summed E-state index contributed by atoms with van der Waals surface area (Å²) in [6.45, 7) is 6.16. The zero-order valence-electron chi connectivity index (χ0n) is 11.8. The average molecular weight is 264 g/mol. The van der Waals surface area contributed by atoms with E-state index >= 15 is 0 Å². The van der Waals surface area contributed by atoms with E-state index in [1.807, 2.05) is 12.1 Å². The largest absolute Gasteiger partial charge is 0.491 e. The van der Waals surface area contributed by atoms with Gasteiger partial charge in [0.05, 0.1) is 12.7 Å². The van der Waals surface area contributed by atoms with Gasteiger partial charge in [0.25, 0.3) is 0 Å². The Kier molecular flexibility index (Phi) is 5.23. The molecule has 1 fully saturated rings. The molecule has 1 aromatic rings. The van der Waals surface area contributed by atoms with Crippen molar-refractivity contribution < 1.29 is 14.6 Å². The fourth-order valence-corrected chi connectivity index (χ4v) is 2.30. The lowest BCUT2D eigenvalue weighted by Crippen LogP contribution is -2.27. The Morgan fingerprint density at radius 3 is 2.68 bits per heavy atom. The maximum atomic E-state index is 9.99. The zero-order valence-corrected chi connectivity index (χ0v) is 11.8. The molecule has 0 spiro atoms. The van der Waals surface area contributed by atoms with Gasteiger partial charge in [0, 0.05) is 12.5 Å². The summed E-state index contributed by atoms with van der Waals surface area (Å²) >= 11 is 0. The minimum absolute atomic E-state index is 0.222. The van der Waals surface area contributed by atoms with E-state index in [4.69, 9.17) is 9.47 Å². The third-order valence-electron chi connectivity index (χ3n) is 3.99. The van der Waals surface area contributed by atoms with Crippen LogP contribution in [0.2, 0.25) is 0 Å². The van der Waals surface area contributed by atoms with Gasteiger partial charge in [-0.3, -0.25) is 0 Å². The number of hydrogen-bond acceptors (Lipinski definition) is 3. The van der Waals surface area contributed by atoms with E-state index in [2.05, 4.69) is 26.0 Å². The molecule has 3 nitrogen and oxygen atoms in total. The molecule has 0 aliphatic carbocycles. The maximum Gasteiger partial charge on any atom is 0.119 e. The first-order valence-corrected chi connectivity index (χ1v) is 7.19. The number of rotatable bonds is 6. The van der Waals surface area contributed by atoms with E-state index < -0.39 is 6.10 Å². The van der Waals surface area contributed by atoms with Gasteiger partial charge >= 0.3 is 0 Å². The molecule has 3 unspecified atom stereocenters. The highest BCUT2D eigenvalue weighted by atomic mass is 16.5. The molecule has 2 rings (SSSR count). The Morgan fingerprint density at radius 1 is 1.37 bits per heavy atom. The van der Waals surface area contributed by atoms with Crippen molar-refractivity contribution in [3.8, 4) is 5.75 Å². The van der Waals surface area contributed by atoms with Crippen LogP contribution in [-0.4, -0.2) is 31.0 Å². The highest BCUT2D eigenvalue weighted by molar-refractivity contribution is 5.29. The van der Waals surface area contributed by atoms with Gasteiger partial charge in [0.2, 0.25) is 0 Å². The monoisotopic (exact) mass is 264 g/mol. The molecular formula is C16H24O3. The van der Waals surface area contributed by atoms with Crippen LogP contribution < -0.4 is 4.74 Å². The van der Waals surface area contributed by atoms with E-state index in [1.165, 1.54) is 5.56 Å². The van der Waals surface area contributed by atoms with Crippen molar-refractivity contribution in [1.29, 1.82) is 0 Å². The van der Waals surface area contributed by atoms with Crippen LogP contribution in [0.25, 0.3) is 0 Å². The molecule has 0 aromatic heterocycles. The topological polar surface area (TPSA) is 38.7 Å². The third kappa shape index (κ3) is 3.95. The minimum atomic E-state index is -0.434. The fraction of sp³-hybridized carbons (Fsp3) is 0.625. The van der Waals surface area contributed by atoms with E-state index in [-0.39, 0.29) is 5.92 Å². The molecule has 1 aromatic carbocycles. The molecule has 19 heavy (non-hydrogen) atoms. The summed E-state index contributed by atoms with van der Waals surface area (Å²) in [5.41, 5.74) is 1.33. The Bertz CT molecular complexity index is 368. The SMILES string of the molecule is CCC(C)c1ccc(OCC(O)C2CCOC2)cc1. The van der Waals surface area contributed by atoms with Crippen molar-refractivity contribution >= 4 is 0 Å². The van der Waals surface area contributed by atoms with Crippen LogP contribution in [-0.2, 0) is 4.74 Å². The molecule has 0 saturated carbocycles. The van der Waals surface area contributed by atoms with Gasteiger partial charge in [-0.1, -0.05) is 26.0 Å². The average Bonchev–Trinajstić information content (AvgIpc) is 2.98. The normalized spacial score (nSPS) is 22.2. The molecule has 1 saturated heterocycles. The van der Waals surface area contributed by atoms with Gasteiger partial charge < -0.3 is 14.6 Å². The van der Waals surface area contributed by atoms with Crippen LogP contribution >= 0.6 is 0 Å². The van der Waals surface area contributed by atoms with Crippen molar-refractivity contribution in [2.45, 2.75) is 38.7 Å². The van der Waals surface area contributed by atoms with Crippen LogP contribution in [0.3, 0.4) is 0 Å². The fourth-order valence-electron chi connectivity index (χ4n) is 2.30. The molecule has 1 aliphatic rings. The molecule has 3 atom stereocenters. The van der Waals surface area contributed by atoms with Crippen LogP contribution in [0.4, 0.5) is 0 Å². The van der Waals surface area contributed by atoms with E-state index in [0.29, 0.717) is 19.1 Å². The van der Waals surface area contributed by atoms with Gasteiger partial charge in [0.15, 0.2) is 0 Å². The lowest BCUT2D eigenvalue weighted by atomic mass is 9.99. The predicted octanol–water partition coefficient (Wildman–Crippen LogP) is 2.98. The van der Waals surface area contributed by atoms with Crippen LogP contribution in [0, 0.1) is 5.92 Å². The summed E-state index contributed by atoms with van der Waals surface area (Å²) in [7, 11) is 0. The highest BCUT2D eigenvalue weighted by Gasteiger charge is 2.24. The molecule has 1 N–H and O–H groups in total. The predicted molar refractivity (Wildman–Crippen MR) is 75.6 cm³/mol.